The fourth-order valence-electron chi connectivity index (χ4n) is 3.07. The Morgan fingerprint density at radius 3 is 2.28 bits per heavy atom. The summed E-state index contributed by atoms with van der Waals surface area (Å²) < 4.78 is 34.3. The monoisotopic (exact) mass is 544 g/mol. The van der Waals surface area contributed by atoms with Crippen molar-refractivity contribution in [1.82, 2.24) is 4.31 Å². The van der Waals surface area contributed by atoms with E-state index >= 15 is 0 Å². The number of carbonyl (C=O) groups is 1. The normalized spacial score (nSPS) is 15.5. The van der Waals surface area contributed by atoms with Gasteiger partial charge in [-0.2, -0.15) is 4.31 Å². The van der Waals surface area contributed by atoms with E-state index in [1.165, 1.54) is 12.1 Å². The van der Waals surface area contributed by atoms with E-state index in [0.717, 1.165) is 34.6 Å². The first kappa shape index (κ1) is 22.3. The summed E-state index contributed by atoms with van der Waals surface area (Å²) in [5.41, 5.74) is 0.517. The second-order valence-electron chi connectivity index (χ2n) is 6.75. The number of nitrogens with one attached hydrogen (secondary N) is 1. The molecule has 1 amide bonds. The van der Waals surface area contributed by atoms with Gasteiger partial charge in [0, 0.05) is 23.2 Å². The summed E-state index contributed by atoms with van der Waals surface area (Å²) in [7, 11) is -3.50. The van der Waals surface area contributed by atoms with Crippen LogP contribution >= 0.6 is 31.9 Å². The lowest BCUT2D eigenvalue weighted by molar-refractivity contribution is -0.118. The average Bonchev–Trinajstić information content (AvgIpc) is 2.98. The summed E-state index contributed by atoms with van der Waals surface area (Å²) in [4.78, 5) is 12.4. The fourth-order valence-corrected chi connectivity index (χ4v) is 5.75. The minimum Gasteiger partial charge on any atom is -0.483 e. The van der Waals surface area contributed by atoms with Gasteiger partial charge in [-0.15, -0.1) is 0 Å². The summed E-state index contributed by atoms with van der Waals surface area (Å²) in [5, 5.41) is 2.71. The van der Waals surface area contributed by atoms with E-state index in [9.17, 15) is 13.2 Å². The van der Waals surface area contributed by atoms with E-state index < -0.39 is 10.0 Å². The molecule has 1 aliphatic heterocycles. The topological polar surface area (TPSA) is 75.7 Å². The zero-order chi connectivity index (χ0) is 20.9. The van der Waals surface area contributed by atoms with Gasteiger partial charge < -0.3 is 10.1 Å². The SMILES string of the molecule is O=C(COc1ccc(Br)cc1Br)Nc1ccc(S(=O)(=O)N2CCCCCC2)cc1. The van der Waals surface area contributed by atoms with Crippen LogP contribution in [0.3, 0.4) is 0 Å². The van der Waals surface area contributed by atoms with Crippen molar-refractivity contribution < 1.29 is 17.9 Å². The third kappa shape index (κ3) is 6.04. The molecule has 29 heavy (non-hydrogen) atoms. The Labute approximate surface area is 187 Å². The number of rotatable bonds is 6. The predicted octanol–water partition coefficient (Wildman–Crippen LogP) is 4.79. The molecule has 0 aromatic heterocycles. The van der Waals surface area contributed by atoms with Crippen LogP contribution in [0.25, 0.3) is 0 Å². The van der Waals surface area contributed by atoms with Gasteiger partial charge in [0.15, 0.2) is 6.61 Å². The summed E-state index contributed by atoms with van der Waals surface area (Å²) in [5.74, 6) is 0.227. The maximum atomic E-state index is 12.8. The first-order chi connectivity index (χ1) is 13.9. The van der Waals surface area contributed by atoms with Gasteiger partial charge in [0.1, 0.15) is 5.75 Å². The van der Waals surface area contributed by atoms with Gasteiger partial charge in [0.25, 0.3) is 5.91 Å². The van der Waals surface area contributed by atoms with Crippen molar-refractivity contribution >= 4 is 53.5 Å². The molecule has 2 aromatic carbocycles. The van der Waals surface area contributed by atoms with Crippen LogP contribution < -0.4 is 10.1 Å². The molecule has 1 saturated heterocycles. The van der Waals surface area contributed by atoms with E-state index in [2.05, 4.69) is 37.2 Å². The van der Waals surface area contributed by atoms with Crippen LogP contribution in [0.4, 0.5) is 5.69 Å². The molecule has 0 atom stereocenters. The number of carbonyl (C=O) groups excluding carboxylic acids is 1. The molecule has 0 unspecified atom stereocenters. The maximum absolute atomic E-state index is 12.8. The highest BCUT2D eigenvalue weighted by molar-refractivity contribution is 9.11. The van der Waals surface area contributed by atoms with Crippen LogP contribution in [0.15, 0.2) is 56.3 Å². The van der Waals surface area contributed by atoms with Crippen molar-refractivity contribution in [2.45, 2.75) is 30.6 Å². The molecule has 9 heteroatoms. The summed E-state index contributed by atoms with van der Waals surface area (Å²) in [6, 6.07) is 11.7. The summed E-state index contributed by atoms with van der Waals surface area (Å²) >= 11 is 6.74. The lowest BCUT2D eigenvalue weighted by Gasteiger charge is -2.20. The number of sulfonamides is 1. The van der Waals surface area contributed by atoms with Crippen molar-refractivity contribution in [1.29, 1.82) is 0 Å². The van der Waals surface area contributed by atoms with Crippen molar-refractivity contribution in [3.63, 3.8) is 0 Å². The van der Waals surface area contributed by atoms with E-state index in [1.807, 2.05) is 12.1 Å². The van der Waals surface area contributed by atoms with Gasteiger partial charge in [-0.3, -0.25) is 4.79 Å². The number of benzene rings is 2. The average molecular weight is 546 g/mol. The van der Waals surface area contributed by atoms with Gasteiger partial charge in [-0.05, 0) is 71.2 Å². The quantitative estimate of drug-likeness (QED) is 0.566. The number of anilines is 1. The molecule has 0 spiro atoms. The number of hydrogen-bond donors (Lipinski definition) is 1. The Bertz CT molecular complexity index is 957. The van der Waals surface area contributed by atoms with Gasteiger partial charge in [0.2, 0.25) is 10.0 Å². The predicted molar refractivity (Wildman–Crippen MR) is 120 cm³/mol. The highest BCUT2D eigenvalue weighted by atomic mass is 79.9. The maximum Gasteiger partial charge on any atom is 0.262 e. The van der Waals surface area contributed by atoms with E-state index in [4.69, 9.17) is 4.74 Å². The van der Waals surface area contributed by atoms with Crippen LogP contribution in [0, 0.1) is 0 Å². The van der Waals surface area contributed by atoms with Crippen molar-refractivity contribution in [3.8, 4) is 5.75 Å². The molecule has 156 valence electrons. The molecule has 2 aromatic rings. The zero-order valence-corrected chi connectivity index (χ0v) is 19.7. The molecule has 1 N–H and O–H groups in total. The molecule has 0 bridgehead atoms. The second kappa shape index (κ2) is 10.1. The first-order valence-electron chi connectivity index (χ1n) is 9.34. The van der Waals surface area contributed by atoms with Crippen LogP contribution in [0.2, 0.25) is 0 Å². The molecule has 0 saturated carbocycles. The van der Waals surface area contributed by atoms with Crippen molar-refractivity contribution in [3.05, 3.63) is 51.4 Å². The minimum absolute atomic E-state index is 0.159. The number of ether oxygens (including phenoxy) is 1. The number of nitrogens with zero attached hydrogens (tertiary/aromatic N) is 1. The summed E-state index contributed by atoms with van der Waals surface area (Å²) in [6.07, 6.45) is 3.91. The highest BCUT2D eigenvalue weighted by Crippen LogP contribution is 2.28. The van der Waals surface area contributed by atoms with Gasteiger partial charge in [0.05, 0.1) is 9.37 Å². The van der Waals surface area contributed by atoms with E-state index in [0.29, 0.717) is 24.5 Å². The number of amides is 1. The molecule has 1 heterocycles. The Balaban J connectivity index is 1.58. The molecule has 6 nitrogen and oxygen atoms in total. The van der Waals surface area contributed by atoms with E-state index in [-0.39, 0.29) is 17.4 Å². The third-order valence-corrected chi connectivity index (χ3v) is 7.62. The highest BCUT2D eigenvalue weighted by Gasteiger charge is 2.25. The van der Waals surface area contributed by atoms with Gasteiger partial charge in [-0.1, -0.05) is 28.8 Å². The van der Waals surface area contributed by atoms with Gasteiger partial charge in [-0.25, -0.2) is 8.42 Å². The smallest absolute Gasteiger partial charge is 0.262 e. The van der Waals surface area contributed by atoms with Crippen LogP contribution in [0.1, 0.15) is 25.7 Å². The zero-order valence-electron chi connectivity index (χ0n) is 15.7. The molecule has 0 radical (unpaired) electrons. The number of halogens is 2. The van der Waals surface area contributed by atoms with Crippen LogP contribution in [0.5, 0.6) is 5.75 Å². The largest absolute Gasteiger partial charge is 0.483 e. The summed E-state index contributed by atoms with van der Waals surface area (Å²) in [6.45, 7) is 0.960. The Morgan fingerprint density at radius 1 is 1.00 bits per heavy atom. The fraction of sp³-hybridized carbons (Fsp3) is 0.350. The van der Waals surface area contributed by atoms with Crippen LogP contribution in [-0.4, -0.2) is 38.3 Å². The molecular weight excluding hydrogens is 524 g/mol. The molecular formula is C20H22Br2N2O4S. The van der Waals surface area contributed by atoms with Crippen molar-refractivity contribution in [2.24, 2.45) is 0 Å². The van der Waals surface area contributed by atoms with Crippen molar-refractivity contribution in [2.75, 3.05) is 25.0 Å². The molecule has 0 aliphatic carbocycles. The number of hydrogen-bond acceptors (Lipinski definition) is 4. The lowest BCUT2D eigenvalue weighted by Crippen LogP contribution is -2.31. The van der Waals surface area contributed by atoms with Crippen LogP contribution in [-0.2, 0) is 14.8 Å². The standard InChI is InChI=1S/C20H22Br2N2O4S/c21-15-5-10-19(18(22)13-15)28-14-20(25)23-16-6-8-17(9-7-16)29(26,27)24-11-3-1-2-4-12-24/h5-10,13H,1-4,11-12,14H2,(H,23,25). The molecule has 3 rings (SSSR count). The first-order valence-corrected chi connectivity index (χ1v) is 12.4. The molecule has 1 aliphatic rings. The third-order valence-electron chi connectivity index (χ3n) is 4.59. The lowest BCUT2D eigenvalue weighted by atomic mass is 10.2. The Kier molecular flexibility index (Phi) is 7.72. The Hall–Kier alpha value is -1.42. The van der Waals surface area contributed by atoms with Gasteiger partial charge >= 0.3 is 0 Å². The Morgan fingerprint density at radius 2 is 1.66 bits per heavy atom. The minimum atomic E-state index is -3.50. The second-order valence-corrected chi connectivity index (χ2v) is 10.5. The molecule has 1 fully saturated rings. The van der Waals surface area contributed by atoms with E-state index in [1.54, 1.807) is 22.5 Å².